The molecule has 0 N–H and O–H groups in total. The zero-order valence-corrected chi connectivity index (χ0v) is 16.4. The number of ether oxygens (including phenoxy) is 1. The Morgan fingerprint density at radius 2 is 1.75 bits per heavy atom. The third-order valence-electron chi connectivity index (χ3n) is 3.79. The Labute approximate surface area is 166 Å². The molecule has 7 nitrogen and oxygen atoms in total. The Morgan fingerprint density at radius 1 is 1.07 bits per heavy atom. The summed E-state index contributed by atoms with van der Waals surface area (Å²) < 4.78 is 5.13. The molecule has 3 rings (SSSR count). The highest BCUT2D eigenvalue weighted by atomic mass is 32.2. The number of non-ortho nitro benzene ring substituents is 1. The van der Waals surface area contributed by atoms with Crippen molar-refractivity contribution in [3.8, 4) is 5.75 Å². The predicted molar refractivity (Wildman–Crippen MR) is 109 cm³/mol. The van der Waals surface area contributed by atoms with Crippen molar-refractivity contribution < 1.29 is 9.66 Å². The van der Waals surface area contributed by atoms with Crippen LogP contribution in [0.25, 0.3) is 0 Å². The van der Waals surface area contributed by atoms with Crippen molar-refractivity contribution in [2.75, 3.05) is 7.11 Å². The van der Waals surface area contributed by atoms with Crippen LogP contribution in [-0.2, 0) is 0 Å². The summed E-state index contributed by atoms with van der Waals surface area (Å²) in [6.45, 7) is 3.81. The highest BCUT2D eigenvalue weighted by Gasteiger charge is 2.12. The topological polar surface area (TPSA) is 90.5 Å². The number of aliphatic imine (C=N–C) groups is 1. The summed E-state index contributed by atoms with van der Waals surface area (Å²) in [6.07, 6.45) is 1.61. The van der Waals surface area contributed by atoms with E-state index in [-0.39, 0.29) is 5.69 Å². The lowest BCUT2D eigenvalue weighted by Crippen LogP contribution is -1.95. The lowest BCUT2D eigenvalue weighted by Gasteiger charge is -2.06. The molecule has 0 fully saturated rings. The third kappa shape index (κ3) is 4.92. The standard InChI is InChI=1S/C20H18N4O3S/c1-13-10-14(2)23-20(22-13)28-19-9-6-17(24(25)26)11-15(19)12-21-16-4-7-18(27-3)8-5-16/h4-12H,1-3H3. The molecule has 0 saturated carbocycles. The minimum Gasteiger partial charge on any atom is -0.497 e. The Bertz CT molecular complexity index is 1020. The molecule has 142 valence electrons. The Balaban J connectivity index is 1.95. The molecule has 0 amide bonds. The van der Waals surface area contributed by atoms with Crippen molar-refractivity contribution >= 4 is 29.4 Å². The third-order valence-corrected chi connectivity index (χ3v) is 4.75. The molecule has 0 unspecified atom stereocenters. The van der Waals surface area contributed by atoms with Gasteiger partial charge in [-0.15, -0.1) is 0 Å². The monoisotopic (exact) mass is 394 g/mol. The zero-order chi connectivity index (χ0) is 20.1. The Kier molecular flexibility index (Phi) is 6.00. The first-order valence-electron chi connectivity index (χ1n) is 8.41. The number of aryl methyl sites for hydroxylation is 2. The minimum absolute atomic E-state index is 0.00173. The molecule has 0 aliphatic carbocycles. The molecule has 0 saturated heterocycles. The van der Waals surface area contributed by atoms with Crippen LogP contribution in [0.1, 0.15) is 17.0 Å². The minimum atomic E-state index is -0.424. The van der Waals surface area contributed by atoms with Gasteiger partial charge in [0.2, 0.25) is 0 Å². The summed E-state index contributed by atoms with van der Waals surface area (Å²) in [5, 5.41) is 11.8. The van der Waals surface area contributed by atoms with Crippen molar-refractivity contribution in [2.24, 2.45) is 4.99 Å². The summed E-state index contributed by atoms with van der Waals surface area (Å²) >= 11 is 1.35. The van der Waals surface area contributed by atoms with Crippen LogP contribution < -0.4 is 4.74 Å². The average Bonchev–Trinajstić information content (AvgIpc) is 2.66. The second-order valence-corrected chi connectivity index (χ2v) is 6.98. The number of nitro groups is 1. The van der Waals surface area contributed by atoms with Gasteiger partial charge in [0.1, 0.15) is 5.75 Å². The molecule has 2 aromatic carbocycles. The van der Waals surface area contributed by atoms with Crippen LogP contribution in [0.2, 0.25) is 0 Å². The highest BCUT2D eigenvalue weighted by molar-refractivity contribution is 7.99. The van der Waals surface area contributed by atoms with E-state index in [1.165, 1.54) is 23.9 Å². The van der Waals surface area contributed by atoms with E-state index in [1.807, 2.05) is 32.0 Å². The van der Waals surface area contributed by atoms with Gasteiger partial charge in [0.15, 0.2) is 5.16 Å². The van der Waals surface area contributed by atoms with Crippen LogP contribution in [0.4, 0.5) is 11.4 Å². The number of aromatic nitrogens is 2. The number of hydrogen-bond donors (Lipinski definition) is 0. The van der Waals surface area contributed by atoms with Crippen LogP contribution in [-0.4, -0.2) is 28.2 Å². The molecule has 1 heterocycles. The summed E-state index contributed by atoms with van der Waals surface area (Å²) in [7, 11) is 1.60. The first kappa shape index (κ1) is 19.5. The summed E-state index contributed by atoms with van der Waals surface area (Å²) in [5.41, 5.74) is 3.07. The number of nitrogens with zero attached hydrogens (tertiary/aromatic N) is 4. The largest absolute Gasteiger partial charge is 0.497 e. The lowest BCUT2D eigenvalue weighted by molar-refractivity contribution is -0.384. The predicted octanol–water partition coefficient (Wildman–Crippen LogP) is 4.91. The zero-order valence-electron chi connectivity index (χ0n) is 15.6. The molecule has 28 heavy (non-hydrogen) atoms. The van der Waals surface area contributed by atoms with E-state index >= 15 is 0 Å². The van der Waals surface area contributed by atoms with Gasteiger partial charge in [-0.25, -0.2) is 9.97 Å². The normalized spacial score (nSPS) is 11.0. The van der Waals surface area contributed by atoms with Gasteiger partial charge in [-0.05, 0) is 62.0 Å². The van der Waals surface area contributed by atoms with Gasteiger partial charge in [-0.1, -0.05) is 0 Å². The molecular weight excluding hydrogens is 376 g/mol. The number of rotatable bonds is 6. The van der Waals surface area contributed by atoms with Gasteiger partial charge >= 0.3 is 0 Å². The van der Waals surface area contributed by atoms with E-state index in [4.69, 9.17) is 4.74 Å². The maximum Gasteiger partial charge on any atom is 0.270 e. The first-order valence-corrected chi connectivity index (χ1v) is 9.23. The molecule has 0 atom stereocenters. The van der Waals surface area contributed by atoms with Crippen molar-refractivity contribution in [1.29, 1.82) is 0 Å². The van der Waals surface area contributed by atoms with Crippen LogP contribution in [0.3, 0.4) is 0 Å². The smallest absolute Gasteiger partial charge is 0.270 e. The van der Waals surface area contributed by atoms with Gasteiger partial charge < -0.3 is 4.74 Å². The molecule has 0 aliphatic rings. The quantitative estimate of drug-likeness (QED) is 0.255. The van der Waals surface area contributed by atoms with Crippen molar-refractivity contribution in [2.45, 2.75) is 23.9 Å². The van der Waals surface area contributed by atoms with Crippen molar-refractivity contribution in [3.63, 3.8) is 0 Å². The van der Waals surface area contributed by atoms with E-state index in [2.05, 4.69) is 15.0 Å². The highest BCUT2D eigenvalue weighted by Crippen LogP contribution is 2.30. The second kappa shape index (κ2) is 8.62. The fraction of sp³-hybridized carbons (Fsp3) is 0.150. The van der Waals surface area contributed by atoms with Crippen LogP contribution in [0.15, 0.2) is 63.6 Å². The Hall–Kier alpha value is -3.26. The first-order chi connectivity index (χ1) is 13.4. The second-order valence-electron chi connectivity index (χ2n) is 5.97. The molecular formula is C20H18N4O3S. The summed E-state index contributed by atoms with van der Waals surface area (Å²) in [4.78, 5) is 24.8. The van der Waals surface area contributed by atoms with E-state index in [0.29, 0.717) is 16.4 Å². The number of nitro benzene ring substituents is 1. The van der Waals surface area contributed by atoms with E-state index in [9.17, 15) is 10.1 Å². The molecule has 0 spiro atoms. The molecule has 1 aromatic heterocycles. The van der Waals surface area contributed by atoms with Gasteiger partial charge in [0.05, 0.1) is 17.7 Å². The van der Waals surface area contributed by atoms with Gasteiger partial charge in [0.25, 0.3) is 5.69 Å². The maximum atomic E-state index is 11.2. The van der Waals surface area contributed by atoms with Gasteiger partial charge in [-0.2, -0.15) is 0 Å². The molecule has 0 radical (unpaired) electrons. The van der Waals surface area contributed by atoms with Crippen molar-refractivity contribution in [1.82, 2.24) is 9.97 Å². The maximum absolute atomic E-state index is 11.2. The van der Waals surface area contributed by atoms with Gasteiger partial charge in [-0.3, -0.25) is 15.1 Å². The number of hydrogen-bond acceptors (Lipinski definition) is 7. The average molecular weight is 394 g/mol. The van der Waals surface area contributed by atoms with Crippen LogP contribution in [0.5, 0.6) is 5.75 Å². The fourth-order valence-corrected chi connectivity index (χ4v) is 3.43. The molecule has 8 heteroatoms. The Morgan fingerprint density at radius 3 is 2.36 bits per heavy atom. The van der Waals surface area contributed by atoms with Crippen LogP contribution >= 0.6 is 11.8 Å². The van der Waals surface area contributed by atoms with Gasteiger partial charge in [0, 0.05) is 40.2 Å². The fourth-order valence-electron chi connectivity index (χ4n) is 2.49. The number of benzene rings is 2. The van der Waals surface area contributed by atoms with E-state index in [1.54, 1.807) is 31.5 Å². The van der Waals surface area contributed by atoms with Crippen molar-refractivity contribution in [3.05, 3.63) is 75.6 Å². The SMILES string of the molecule is COc1ccc(N=Cc2cc([N+](=O)[O-])ccc2Sc2nc(C)cc(C)n2)cc1. The molecule has 0 bridgehead atoms. The van der Waals surface area contributed by atoms with E-state index in [0.717, 1.165) is 22.0 Å². The summed E-state index contributed by atoms with van der Waals surface area (Å²) in [5.74, 6) is 0.734. The lowest BCUT2D eigenvalue weighted by atomic mass is 10.2. The van der Waals surface area contributed by atoms with Crippen LogP contribution in [0, 0.1) is 24.0 Å². The van der Waals surface area contributed by atoms with E-state index < -0.39 is 4.92 Å². The molecule has 0 aliphatic heterocycles. The molecule has 3 aromatic rings. The number of methoxy groups -OCH3 is 1. The summed E-state index contributed by atoms with van der Waals surface area (Å²) in [6, 6.07) is 13.8.